The number of ether oxygens (including phenoxy) is 1. The number of benzene rings is 1. The second-order valence-electron chi connectivity index (χ2n) is 8.94. The molecular formula is C25H29F3N6O4S. The predicted octanol–water partition coefficient (Wildman–Crippen LogP) is 3.96. The summed E-state index contributed by atoms with van der Waals surface area (Å²) >= 11 is 0. The molecule has 0 spiro atoms. The molecule has 0 fully saturated rings. The molecule has 1 aromatic carbocycles. The highest BCUT2D eigenvalue weighted by Crippen LogP contribution is 2.33. The van der Waals surface area contributed by atoms with Gasteiger partial charge >= 0.3 is 6.18 Å². The van der Waals surface area contributed by atoms with Crippen molar-refractivity contribution in [2.45, 2.75) is 38.9 Å². The zero-order chi connectivity index (χ0) is 29.0. The zero-order valence-corrected chi connectivity index (χ0v) is 22.8. The molecule has 39 heavy (non-hydrogen) atoms. The molecule has 2 N–H and O–H groups in total. The van der Waals surface area contributed by atoms with Gasteiger partial charge in [-0.2, -0.15) is 13.2 Å². The maximum absolute atomic E-state index is 13.8. The number of nitrogens with zero attached hydrogens (tertiary/aromatic N) is 4. The number of anilines is 3. The van der Waals surface area contributed by atoms with Crippen molar-refractivity contribution in [2.75, 3.05) is 30.0 Å². The van der Waals surface area contributed by atoms with Crippen LogP contribution in [0.5, 0.6) is 5.75 Å². The Morgan fingerprint density at radius 3 is 2.49 bits per heavy atom. The van der Waals surface area contributed by atoms with E-state index in [9.17, 15) is 26.4 Å². The van der Waals surface area contributed by atoms with E-state index in [2.05, 4.69) is 25.6 Å². The largest absolute Gasteiger partial charge is 0.495 e. The number of halogens is 3. The molecule has 1 amide bonds. The Bertz CT molecular complexity index is 1450. The van der Waals surface area contributed by atoms with Crippen molar-refractivity contribution < 1.29 is 31.1 Å². The van der Waals surface area contributed by atoms with Gasteiger partial charge in [0.1, 0.15) is 11.6 Å². The first-order chi connectivity index (χ1) is 18.2. The van der Waals surface area contributed by atoms with Gasteiger partial charge in [0.05, 0.1) is 30.3 Å². The lowest BCUT2D eigenvalue weighted by Gasteiger charge is -2.19. The lowest BCUT2D eigenvalue weighted by Crippen LogP contribution is -2.30. The van der Waals surface area contributed by atoms with E-state index < -0.39 is 21.8 Å². The fraction of sp³-hybridized carbons (Fsp3) is 0.360. The van der Waals surface area contributed by atoms with Gasteiger partial charge in [-0.3, -0.25) is 9.10 Å². The lowest BCUT2D eigenvalue weighted by atomic mass is 10.1. The van der Waals surface area contributed by atoms with Crippen molar-refractivity contribution in [1.29, 1.82) is 0 Å². The molecule has 14 heteroatoms. The number of methoxy groups -OCH3 is 1. The van der Waals surface area contributed by atoms with Gasteiger partial charge in [-0.25, -0.2) is 23.4 Å². The molecule has 2 heterocycles. The first-order valence-electron chi connectivity index (χ1n) is 11.8. The first kappa shape index (κ1) is 29.6. The zero-order valence-electron chi connectivity index (χ0n) is 22.0. The van der Waals surface area contributed by atoms with E-state index in [1.54, 1.807) is 12.1 Å². The Morgan fingerprint density at radius 1 is 1.15 bits per heavy atom. The number of nitrogens with one attached hydrogen (secondary N) is 2. The van der Waals surface area contributed by atoms with Crippen LogP contribution in [0.25, 0.3) is 0 Å². The normalized spacial score (nSPS) is 11.8. The Hall–Kier alpha value is -3.94. The highest BCUT2D eigenvalue weighted by atomic mass is 32.2. The summed E-state index contributed by atoms with van der Waals surface area (Å²) in [5.41, 5.74) is -0.185. The van der Waals surface area contributed by atoms with Crippen LogP contribution >= 0.6 is 0 Å². The van der Waals surface area contributed by atoms with Gasteiger partial charge < -0.3 is 15.4 Å². The minimum Gasteiger partial charge on any atom is -0.495 e. The lowest BCUT2D eigenvalue weighted by molar-refractivity contribution is -0.138. The molecule has 0 saturated carbocycles. The van der Waals surface area contributed by atoms with Gasteiger partial charge in [0.25, 0.3) is 5.91 Å². The number of rotatable bonds is 10. The van der Waals surface area contributed by atoms with Gasteiger partial charge in [-0.1, -0.05) is 6.07 Å². The fourth-order valence-electron chi connectivity index (χ4n) is 3.63. The minimum atomic E-state index is -4.71. The van der Waals surface area contributed by atoms with E-state index in [1.165, 1.54) is 38.6 Å². The van der Waals surface area contributed by atoms with Crippen molar-refractivity contribution in [3.63, 3.8) is 0 Å². The summed E-state index contributed by atoms with van der Waals surface area (Å²) in [6.07, 6.45) is -1.75. The topological polar surface area (TPSA) is 126 Å². The number of sulfonamides is 1. The Kier molecular flexibility index (Phi) is 8.99. The van der Waals surface area contributed by atoms with Crippen LogP contribution in [-0.2, 0) is 29.0 Å². The Morgan fingerprint density at radius 2 is 1.87 bits per heavy atom. The van der Waals surface area contributed by atoms with Crippen molar-refractivity contribution in [3.05, 3.63) is 65.1 Å². The van der Waals surface area contributed by atoms with E-state index in [4.69, 9.17) is 4.74 Å². The smallest absolute Gasteiger partial charge is 0.419 e. The van der Waals surface area contributed by atoms with Gasteiger partial charge in [0.2, 0.25) is 16.0 Å². The number of amides is 1. The van der Waals surface area contributed by atoms with Gasteiger partial charge in [0.15, 0.2) is 0 Å². The summed E-state index contributed by atoms with van der Waals surface area (Å²) in [5.74, 6) is -0.0397. The quantitative estimate of drug-likeness (QED) is 0.378. The summed E-state index contributed by atoms with van der Waals surface area (Å²) < 4.78 is 71.6. The number of carbonyl (C=O) groups excluding carboxylic acids is 1. The van der Waals surface area contributed by atoms with E-state index in [1.807, 2.05) is 13.8 Å². The highest BCUT2D eigenvalue weighted by Gasteiger charge is 2.35. The maximum atomic E-state index is 13.8. The summed E-state index contributed by atoms with van der Waals surface area (Å²) in [5, 5.41) is 5.62. The van der Waals surface area contributed by atoms with Crippen molar-refractivity contribution in [1.82, 2.24) is 20.3 Å². The third kappa shape index (κ3) is 7.56. The molecule has 0 aliphatic rings. The third-order valence-corrected chi connectivity index (χ3v) is 6.77. The van der Waals surface area contributed by atoms with Crippen LogP contribution in [0.4, 0.5) is 30.6 Å². The molecule has 10 nitrogen and oxygen atoms in total. The number of hydrogen-bond donors (Lipinski definition) is 2. The van der Waals surface area contributed by atoms with Crippen LogP contribution in [0.15, 0.2) is 42.7 Å². The van der Waals surface area contributed by atoms with Gasteiger partial charge in [-0.15, -0.1) is 0 Å². The summed E-state index contributed by atoms with van der Waals surface area (Å²) in [6, 6.07) is 7.67. The number of carbonyl (C=O) groups is 1. The number of aryl methyl sites for hydroxylation is 2. The fourth-order valence-corrected chi connectivity index (χ4v) is 4.10. The number of hydrogen-bond acceptors (Lipinski definition) is 8. The van der Waals surface area contributed by atoms with Crippen molar-refractivity contribution in [3.8, 4) is 5.75 Å². The second-order valence-corrected chi connectivity index (χ2v) is 11.0. The van der Waals surface area contributed by atoms with E-state index in [0.717, 1.165) is 10.6 Å². The molecule has 2 aromatic heterocycles. The van der Waals surface area contributed by atoms with E-state index in [0.29, 0.717) is 23.0 Å². The first-order valence-corrected chi connectivity index (χ1v) is 13.6. The average Bonchev–Trinajstić information content (AvgIpc) is 2.85. The monoisotopic (exact) mass is 566 g/mol. The second kappa shape index (κ2) is 11.8. The number of pyridine rings is 1. The molecule has 0 saturated heterocycles. The van der Waals surface area contributed by atoms with Crippen LogP contribution in [0.2, 0.25) is 0 Å². The van der Waals surface area contributed by atoms with Gasteiger partial charge in [0, 0.05) is 31.0 Å². The van der Waals surface area contributed by atoms with Gasteiger partial charge in [-0.05, 0) is 56.5 Å². The van der Waals surface area contributed by atoms with Crippen molar-refractivity contribution in [2.24, 2.45) is 0 Å². The Balaban J connectivity index is 1.92. The highest BCUT2D eigenvalue weighted by molar-refractivity contribution is 7.92. The number of aromatic nitrogens is 3. The van der Waals surface area contributed by atoms with Crippen LogP contribution in [-0.4, -0.2) is 55.7 Å². The SMILES string of the molecule is COc1cc(C(=O)NC(C)C)ccc1Nc1ncc(C(F)(F)F)c(CCc2cccnc2N(C)S(C)(=O)=O)n1. The number of alkyl halides is 3. The maximum Gasteiger partial charge on any atom is 0.419 e. The molecule has 0 aliphatic heterocycles. The molecule has 0 aliphatic carbocycles. The molecule has 0 radical (unpaired) electrons. The average molecular weight is 567 g/mol. The standard InChI is InChI=1S/C25H29F3N6O4S/c1-15(2)31-23(35)17-9-11-20(21(13-17)38-4)33-24-30-14-18(25(26,27)28)19(32-24)10-8-16-7-6-12-29-22(16)34(3)39(5,36)37/h6-7,9,11-15H,8,10H2,1-5H3,(H,31,35)(H,30,32,33). The Labute approximate surface area is 224 Å². The molecule has 3 rings (SSSR count). The van der Waals surface area contributed by atoms with E-state index in [-0.39, 0.29) is 48.0 Å². The van der Waals surface area contributed by atoms with Crippen LogP contribution < -0.4 is 19.7 Å². The van der Waals surface area contributed by atoms with Crippen molar-refractivity contribution >= 4 is 33.4 Å². The summed E-state index contributed by atoms with van der Waals surface area (Å²) in [4.78, 5) is 24.4. The summed E-state index contributed by atoms with van der Waals surface area (Å²) in [6.45, 7) is 3.65. The molecule has 0 unspecified atom stereocenters. The molecular weight excluding hydrogens is 537 g/mol. The third-order valence-electron chi connectivity index (χ3n) is 5.60. The predicted molar refractivity (Wildman–Crippen MR) is 141 cm³/mol. The summed E-state index contributed by atoms with van der Waals surface area (Å²) in [7, 11) is -0.926. The molecule has 0 bridgehead atoms. The van der Waals surface area contributed by atoms with Crippen LogP contribution in [0.1, 0.15) is 41.0 Å². The van der Waals surface area contributed by atoms with Crippen LogP contribution in [0, 0.1) is 0 Å². The van der Waals surface area contributed by atoms with E-state index >= 15 is 0 Å². The molecule has 210 valence electrons. The van der Waals surface area contributed by atoms with Crippen LogP contribution in [0.3, 0.4) is 0 Å². The molecule has 0 atom stereocenters. The molecule has 3 aromatic rings. The minimum absolute atomic E-state index is 0.0333.